The highest BCUT2D eigenvalue weighted by Crippen LogP contribution is 2.21. The molecule has 0 aliphatic heterocycles. The molecule has 1 aromatic carbocycles. The van der Waals surface area contributed by atoms with E-state index in [2.05, 4.69) is 0 Å². The smallest absolute Gasteiger partial charge is 0.221 e. The van der Waals surface area contributed by atoms with Crippen molar-refractivity contribution in [3.63, 3.8) is 0 Å². The number of hydrogen-bond acceptors (Lipinski definition) is 3. The molecule has 0 saturated carbocycles. The molecule has 0 aliphatic carbocycles. The Morgan fingerprint density at radius 3 is 2.54 bits per heavy atom. The molecule has 1 rings (SSSR count). The summed E-state index contributed by atoms with van der Waals surface area (Å²) in [7, 11) is 0. The van der Waals surface area contributed by atoms with Crippen molar-refractivity contribution in [2.45, 2.75) is 19.1 Å². The Hall–Kier alpha value is -0.960. The van der Waals surface area contributed by atoms with Gasteiger partial charge in [-0.2, -0.15) is 0 Å². The van der Waals surface area contributed by atoms with Crippen molar-refractivity contribution in [3.8, 4) is 0 Å². The molecule has 0 bridgehead atoms. The molecule has 1 aromatic rings. The topological polar surface area (TPSA) is 43.1 Å². The summed E-state index contributed by atoms with van der Waals surface area (Å²) in [6, 6.07) is 7.15. The molecule has 0 radical (unpaired) electrons. The molecule has 0 unspecified atom stereocenters. The van der Waals surface area contributed by atoms with E-state index in [1.165, 1.54) is 11.8 Å². The summed E-state index contributed by atoms with van der Waals surface area (Å²) >= 11 is 1.30. The van der Waals surface area contributed by atoms with Crippen LogP contribution < -0.4 is 5.73 Å². The average Bonchev–Trinajstić information content (AvgIpc) is 2.03. The van der Waals surface area contributed by atoms with Crippen LogP contribution in [0, 0.1) is 0 Å². The second-order valence-electron chi connectivity index (χ2n) is 3.04. The van der Waals surface area contributed by atoms with Crippen LogP contribution >= 0.6 is 11.8 Å². The molecule has 70 valence electrons. The van der Waals surface area contributed by atoms with Crippen LogP contribution in [0.5, 0.6) is 0 Å². The SMILES string of the molecule is CC(C)SC(=O)c1ccccc1N. The van der Waals surface area contributed by atoms with E-state index in [0.717, 1.165) is 0 Å². The summed E-state index contributed by atoms with van der Waals surface area (Å²) < 4.78 is 0. The van der Waals surface area contributed by atoms with E-state index in [4.69, 9.17) is 5.73 Å². The quantitative estimate of drug-likeness (QED) is 0.737. The molecule has 0 aliphatic rings. The predicted molar refractivity (Wildman–Crippen MR) is 57.9 cm³/mol. The number of para-hydroxylation sites is 1. The standard InChI is InChI=1S/C10H13NOS/c1-7(2)13-10(12)8-5-3-4-6-9(8)11/h3-7H,11H2,1-2H3. The van der Waals surface area contributed by atoms with Crippen LogP contribution in [0.1, 0.15) is 24.2 Å². The Morgan fingerprint density at radius 1 is 1.38 bits per heavy atom. The maximum absolute atomic E-state index is 11.6. The van der Waals surface area contributed by atoms with Crippen molar-refractivity contribution in [1.29, 1.82) is 0 Å². The number of thioether (sulfide) groups is 1. The molecular weight excluding hydrogens is 182 g/mol. The molecule has 0 atom stereocenters. The third kappa shape index (κ3) is 2.77. The summed E-state index contributed by atoms with van der Waals surface area (Å²) in [5.41, 5.74) is 6.83. The predicted octanol–water partition coefficient (Wildman–Crippen LogP) is 2.55. The van der Waals surface area contributed by atoms with Crippen LogP contribution in [0.15, 0.2) is 24.3 Å². The fourth-order valence-corrected chi connectivity index (χ4v) is 1.70. The number of hydrogen-bond donors (Lipinski definition) is 1. The molecule has 2 nitrogen and oxygen atoms in total. The number of carbonyl (C=O) groups is 1. The number of rotatable bonds is 2. The second-order valence-corrected chi connectivity index (χ2v) is 4.59. The fourth-order valence-electron chi connectivity index (χ4n) is 0.960. The zero-order chi connectivity index (χ0) is 9.84. The fraction of sp³-hybridized carbons (Fsp3) is 0.300. The van der Waals surface area contributed by atoms with E-state index in [1.807, 2.05) is 26.0 Å². The highest BCUT2D eigenvalue weighted by atomic mass is 32.2. The van der Waals surface area contributed by atoms with Crippen LogP contribution in [-0.2, 0) is 0 Å². The van der Waals surface area contributed by atoms with Crippen molar-refractivity contribution in [2.24, 2.45) is 0 Å². The molecule has 0 aromatic heterocycles. The highest BCUT2D eigenvalue weighted by Gasteiger charge is 2.10. The Balaban J connectivity index is 2.83. The number of anilines is 1. The first-order valence-corrected chi connectivity index (χ1v) is 5.04. The van der Waals surface area contributed by atoms with Gasteiger partial charge in [0.05, 0.1) is 5.56 Å². The molecular formula is C10H13NOS. The normalized spacial score (nSPS) is 10.4. The second kappa shape index (κ2) is 4.33. The Bertz CT molecular complexity index is 310. The molecule has 0 spiro atoms. The zero-order valence-corrected chi connectivity index (χ0v) is 8.60. The monoisotopic (exact) mass is 195 g/mol. The van der Waals surface area contributed by atoms with Crippen molar-refractivity contribution < 1.29 is 4.79 Å². The maximum atomic E-state index is 11.6. The lowest BCUT2D eigenvalue weighted by Crippen LogP contribution is -2.02. The van der Waals surface area contributed by atoms with E-state index < -0.39 is 0 Å². The summed E-state index contributed by atoms with van der Waals surface area (Å²) in [4.78, 5) is 11.6. The minimum absolute atomic E-state index is 0.0492. The van der Waals surface area contributed by atoms with Crippen molar-refractivity contribution in [2.75, 3.05) is 5.73 Å². The van der Waals surface area contributed by atoms with E-state index in [0.29, 0.717) is 16.5 Å². The highest BCUT2D eigenvalue weighted by molar-refractivity contribution is 8.14. The van der Waals surface area contributed by atoms with Crippen molar-refractivity contribution in [1.82, 2.24) is 0 Å². The van der Waals surface area contributed by atoms with Gasteiger partial charge in [0.1, 0.15) is 0 Å². The van der Waals surface area contributed by atoms with Gasteiger partial charge in [-0.3, -0.25) is 4.79 Å². The Labute approximate surface area is 82.5 Å². The Kier molecular flexibility index (Phi) is 3.37. The first kappa shape index (κ1) is 10.1. The summed E-state index contributed by atoms with van der Waals surface area (Å²) in [5.74, 6) is 0. The van der Waals surface area contributed by atoms with Crippen molar-refractivity contribution >= 4 is 22.6 Å². The minimum Gasteiger partial charge on any atom is -0.398 e. The van der Waals surface area contributed by atoms with Gasteiger partial charge < -0.3 is 5.73 Å². The molecule has 2 N–H and O–H groups in total. The summed E-state index contributed by atoms with van der Waals surface area (Å²) in [6.45, 7) is 3.98. The number of carbonyl (C=O) groups excluding carboxylic acids is 1. The lowest BCUT2D eigenvalue weighted by molar-refractivity contribution is 0.108. The zero-order valence-electron chi connectivity index (χ0n) is 7.78. The van der Waals surface area contributed by atoms with Gasteiger partial charge in [-0.25, -0.2) is 0 Å². The van der Waals surface area contributed by atoms with E-state index in [-0.39, 0.29) is 5.12 Å². The van der Waals surface area contributed by atoms with Crippen LogP contribution in [0.3, 0.4) is 0 Å². The van der Waals surface area contributed by atoms with Crippen LogP contribution in [0.2, 0.25) is 0 Å². The molecule has 0 fully saturated rings. The molecule has 0 amide bonds. The van der Waals surface area contributed by atoms with Gasteiger partial charge in [0, 0.05) is 10.9 Å². The van der Waals surface area contributed by atoms with Crippen LogP contribution in [0.25, 0.3) is 0 Å². The molecule has 13 heavy (non-hydrogen) atoms. The third-order valence-electron chi connectivity index (χ3n) is 1.52. The van der Waals surface area contributed by atoms with E-state index >= 15 is 0 Å². The lowest BCUT2D eigenvalue weighted by atomic mass is 10.2. The molecule has 0 heterocycles. The largest absolute Gasteiger partial charge is 0.398 e. The van der Waals surface area contributed by atoms with E-state index in [9.17, 15) is 4.79 Å². The Morgan fingerprint density at radius 2 is 2.00 bits per heavy atom. The van der Waals surface area contributed by atoms with Crippen LogP contribution in [0.4, 0.5) is 5.69 Å². The van der Waals surface area contributed by atoms with Gasteiger partial charge in [-0.1, -0.05) is 37.7 Å². The van der Waals surface area contributed by atoms with Gasteiger partial charge in [-0.15, -0.1) is 0 Å². The van der Waals surface area contributed by atoms with Gasteiger partial charge in [-0.05, 0) is 12.1 Å². The molecule has 0 saturated heterocycles. The summed E-state index contributed by atoms with van der Waals surface area (Å²) in [6.07, 6.45) is 0. The first-order chi connectivity index (χ1) is 6.11. The van der Waals surface area contributed by atoms with Gasteiger partial charge in [0.15, 0.2) is 0 Å². The minimum atomic E-state index is 0.0492. The first-order valence-electron chi connectivity index (χ1n) is 4.16. The summed E-state index contributed by atoms with van der Waals surface area (Å²) in [5, 5.41) is 0.347. The van der Waals surface area contributed by atoms with Gasteiger partial charge >= 0.3 is 0 Å². The van der Waals surface area contributed by atoms with Crippen molar-refractivity contribution in [3.05, 3.63) is 29.8 Å². The third-order valence-corrected chi connectivity index (χ3v) is 2.43. The molecule has 3 heteroatoms. The van der Waals surface area contributed by atoms with Gasteiger partial charge in [0.25, 0.3) is 0 Å². The van der Waals surface area contributed by atoms with Gasteiger partial charge in [0.2, 0.25) is 5.12 Å². The maximum Gasteiger partial charge on any atom is 0.221 e. The van der Waals surface area contributed by atoms with E-state index in [1.54, 1.807) is 12.1 Å². The number of benzene rings is 1. The van der Waals surface area contributed by atoms with Crippen LogP contribution in [-0.4, -0.2) is 10.4 Å². The lowest BCUT2D eigenvalue weighted by Gasteiger charge is -2.05. The number of nitrogens with two attached hydrogens (primary N) is 1. The number of nitrogen functional groups attached to an aromatic ring is 1. The average molecular weight is 195 g/mol.